The molecule has 0 bridgehead atoms. The average Bonchev–Trinajstić information content (AvgIpc) is 2.73. The van der Waals surface area contributed by atoms with Gasteiger partial charge in [0.25, 0.3) is 0 Å². The molecule has 1 heterocycles. The molecule has 5 nitrogen and oxygen atoms in total. The fourth-order valence-corrected chi connectivity index (χ4v) is 2.93. The molecular weight excluding hydrogens is 264 g/mol. The first-order valence-electron chi connectivity index (χ1n) is 7.34. The first-order valence-corrected chi connectivity index (χ1v) is 7.34. The van der Waals surface area contributed by atoms with E-state index in [1.165, 1.54) is 5.56 Å². The van der Waals surface area contributed by atoms with Crippen LogP contribution in [0.15, 0.2) is 30.3 Å². The van der Waals surface area contributed by atoms with Gasteiger partial charge in [0, 0.05) is 0 Å². The minimum atomic E-state index is -0.193. The summed E-state index contributed by atoms with van der Waals surface area (Å²) < 4.78 is 1.65. The zero-order valence-electron chi connectivity index (χ0n) is 12.5. The first-order chi connectivity index (χ1) is 10.1. The number of benzene rings is 1. The standard InChI is InChI=1S/C16H20N4O/c1-12-17-13(2)20(19-12)11-15(21)18-16(9-6-10-16)14-7-4-3-5-8-14/h3-5,7-8H,6,9-11H2,1-2H3,(H,18,21). The molecule has 1 aromatic carbocycles. The zero-order valence-corrected chi connectivity index (χ0v) is 12.5. The molecule has 1 aliphatic carbocycles. The van der Waals surface area contributed by atoms with Crippen molar-refractivity contribution in [2.75, 3.05) is 0 Å². The normalized spacial score (nSPS) is 16.3. The summed E-state index contributed by atoms with van der Waals surface area (Å²) in [6, 6.07) is 10.2. The van der Waals surface area contributed by atoms with Gasteiger partial charge < -0.3 is 5.32 Å². The van der Waals surface area contributed by atoms with E-state index < -0.39 is 0 Å². The SMILES string of the molecule is Cc1nc(C)n(CC(=O)NC2(c3ccccc3)CCC2)n1. The maximum Gasteiger partial charge on any atom is 0.242 e. The van der Waals surface area contributed by atoms with Crippen molar-refractivity contribution < 1.29 is 4.79 Å². The lowest BCUT2D eigenvalue weighted by Crippen LogP contribution is -2.51. The van der Waals surface area contributed by atoms with E-state index in [0.29, 0.717) is 5.82 Å². The van der Waals surface area contributed by atoms with Gasteiger partial charge in [0.05, 0.1) is 5.54 Å². The molecule has 3 rings (SSSR count). The number of carbonyl (C=O) groups is 1. The number of hydrogen-bond acceptors (Lipinski definition) is 3. The molecular formula is C16H20N4O. The van der Waals surface area contributed by atoms with Crippen molar-refractivity contribution in [2.24, 2.45) is 0 Å². The summed E-state index contributed by atoms with van der Waals surface area (Å²) in [7, 11) is 0. The molecule has 0 radical (unpaired) electrons. The molecule has 0 saturated heterocycles. The van der Waals surface area contributed by atoms with Crippen LogP contribution in [0, 0.1) is 13.8 Å². The van der Waals surface area contributed by atoms with Gasteiger partial charge in [-0.1, -0.05) is 30.3 Å². The van der Waals surface area contributed by atoms with Crippen LogP contribution in [0.3, 0.4) is 0 Å². The Balaban J connectivity index is 1.73. The van der Waals surface area contributed by atoms with E-state index in [4.69, 9.17) is 0 Å². The summed E-state index contributed by atoms with van der Waals surface area (Å²) in [4.78, 5) is 16.6. The minimum Gasteiger partial charge on any atom is -0.345 e. The minimum absolute atomic E-state index is 0.00782. The molecule has 1 N–H and O–H groups in total. The van der Waals surface area contributed by atoms with E-state index in [-0.39, 0.29) is 18.0 Å². The van der Waals surface area contributed by atoms with E-state index in [9.17, 15) is 4.79 Å². The topological polar surface area (TPSA) is 59.8 Å². The van der Waals surface area contributed by atoms with Crippen LogP contribution in [0.25, 0.3) is 0 Å². The monoisotopic (exact) mass is 284 g/mol. The summed E-state index contributed by atoms with van der Waals surface area (Å²) in [6.07, 6.45) is 3.15. The number of hydrogen-bond donors (Lipinski definition) is 1. The van der Waals surface area contributed by atoms with E-state index in [0.717, 1.165) is 25.1 Å². The molecule has 5 heteroatoms. The molecule has 1 fully saturated rings. The predicted octanol–water partition coefficient (Wildman–Crippen LogP) is 2.09. The highest BCUT2D eigenvalue weighted by molar-refractivity contribution is 5.77. The Kier molecular flexibility index (Phi) is 3.49. The lowest BCUT2D eigenvalue weighted by molar-refractivity contribution is -0.125. The molecule has 21 heavy (non-hydrogen) atoms. The van der Waals surface area contributed by atoms with Crippen LogP contribution < -0.4 is 5.32 Å². The lowest BCUT2D eigenvalue weighted by atomic mass is 9.72. The van der Waals surface area contributed by atoms with E-state index in [1.54, 1.807) is 4.68 Å². The highest BCUT2D eigenvalue weighted by Crippen LogP contribution is 2.41. The number of aryl methyl sites for hydroxylation is 2. The smallest absolute Gasteiger partial charge is 0.242 e. The highest BCUT2D eigenvalue weighted by atomic mass is 16.2. The number of aromatic nitrogens is 3. The third-order valence-corrected chi connectivity index (χ3v) is 4.17. The summed E-state index contributed by atoms with van der Waals surface area (Å²) in [5, 5.41) is 7.45. The van der Waals surface area contributed by atoms with Gasteiger partial charge in [-0.3, -0.25) is 4.79 Å². The van der Waals surface area contributed by atoms with Crippen molar-refractivity contribution in [2.45, 2.75) is 45.2 Å². The maximum absolute atomic E-state index is 12.4. The van der Waals surface area contributed by atoms with E-state index >= 15 is 0 Å². The Morgan fingerprint density at radius 1 is 1.29 bits per heavy atom. The molecule has 1 saturated carbocycles. The molecule has 1 aliphatic rings. The summed E-state index contributed by atoms with van der Waals surface area (Å²) in [5.41, 5.74) is 0.998. The third kappa shape index (κ3) is 2.68. The summed E-state index contributed by atoms with van der Waals surface area (Å²) in [6.45, 7) is 3.92. The molecule has 1 amide bonds. The van der Waals surface area contributed by atoms with Crippen molar-refractivity contribution in [3.8, 4) is 0 Å². The number of rotatable bonds is 4. The third-order valence-electron chi connectivity index (χ3n) is 4.17. The van der Waals surface area contributed by atoms with E-state index in [2.05, 4.69) is 27.5 Å². The largest absolute Gasteiger partial charge is 0.345 e. The van der Waals surface area contributed by atoms with Crippen LogP contribution in [-0.4, -0.2) is 20.7 Å². The van der Waals surface area contributed by atoms with Crippen LogP contribution in [0.1, 0.15) is 36.5 Å². The quantitative estimate of drug-likeness (QED) is 0.935. The van der Waals surface area contributed by atoms with Crippen LogP contribution >= 0.6 is 0 Å². The van der Waals surface area contributed by atoms with Crippen molar-refractivity contribution in [3.05, 3.63) is 47.5 Å². The van der Waals surface area contributed by atoms with Gasteiger partial charge >= 0.3 is 0 Å². The second kappa shape index (κ2) is 5.31. The fraction of sp³-hybridized carbons (Fsp3) is 0.438. The Hall–Kier alpha value is -2.17. The Labute approximate surface area is 124 Å². The molecule has 0 unspecified atom stereocenters. The Bertz CT molecular complexity index is 644. The highest BCUT2D eigenvalue weighted by Gasteiger charge is 2.39. The van der Waals surface area contributed by atoms with Gasteiger partial charge in [-0.2, -0.15) is 5.10 Å². The average molecular weight is 284 g/mol. The molecule has 2 aromatic rings. The molecule has 0 spiro atoms. The van der Waals surface area contributed by atoms with Crippen LogP contribution in [0.4, 0.5) is 0 Å². The number of carbonyl (C=O) groups excluding carboxylic acids is 1. The van der Waals surface area contributed by atoms with Crippen molar-refractivity contribution >= 4 is 5.91 Å². The number of nitrogens with one attached hydrogen (secondary N) is 1. The van der Waals surface area contributed by atoms with Crippen molar-refractivity contribution in [1.82, 2.24) is 20.1 Å². The van der Waals surface area contributed by atoms with Gasteiger partial charge in [0.1, 0.15) is 18.2 Å². The lowest BCUT2D eigenvalue weighted by Gasteiger charge is -2.43. The Morgan fingerprint density at radius 3 is 2.52 bits per heavy atom. The first kappa shape index (κ1) is 13.8. The van der Waals surface area contributed by atoms with Gasteiger partial charge in [0.2, 0.25) is 5.91 Å². The maximum atomic E-state index is 12.4. The van der Waals surface area contributed by atoms with Crippen LogP contribution in [-0.2, 0) is 16.9 Å². The molecule has 1 aromatic heterocycles. The second-order valence-corrected chi connectivity index (χ2v) is 5.71. The van der Waals surface area contributed by atoms with E-state index in [1.807, 2.05) is 32.0 Å². The number of amides is 1. The van der Waals surface area contributed by atoms with Crippen LogP contribution in [0.5, 0.6) is 0 Å². The molecule has 110 valence electrons. The van der Waals surface area contributed by atoms with Crippen molar-refractivity contribution in [1.29, 1.82) is 0 Å². The second-order valence-electron chi connectivity index (χ2n) is 5.71. The predicted molar refractivity (Wildman–Crippen MR) is 79.6 cm³/mol. The fourth-order valence-electron chi connectivity index (χ4n) is 2.93. The molecule has 0 aliphatic heterocycles. The summed E-state index contributed by atoms with van der Waals surface area (Å²) >= 11 is 0. The van der Waals surface area contributed by atoms with Crippen molar-refractivity contribution in [3.63, 3.8) is 0 Å². The molecule has 0 atom stereocenters. The van der Waals surface area contributed by atoms with Gasteiger partial charge in [-0.05, 0) is 38.7 Å². The van der Waals surface area contributed by atoms with Gasteiger partial charge in [-0.25, -0.2) is 9.67 Å². The van der Waals surface area contributed by atoms with Gasteiger partial charge in [0.15, 0.2) is 0 Å². The zero-order chi connectivity index (χ0) is 14.9. The van der Waals surface area contributed by atoms with Crippen LogP contribution in [0.2, 0.25) is 0 Å². The Morgan fingerprint density at radius 2 is 2.00 bits per heavy atom. The summed E-state index contributed by atoms with van der Waals surface area (Å²) in [5.74, 6) is 1.46. The van der Waals surface area contributed by atoms with Gasteiger partial charge in [-0.15, -0.1) is 0 Å². The number of nitrogens with zero attached hydrogens (tertiary/aromatic N) is 3.